The minimum atomic E-state index is 0.0184. The quantitative estimate of drug-likeness (QED) is 0.808. The van der Waals surface area contributed by atoms with Crippen LogP contribution in [0.15, 0.2) is 53.5 Å². The third kappa shape index (κ3) is 2.62. The van der Waals surface area contributed by atoms with Crippen molar-refractivity contribution >= 4 is 28.3 Å². The van der Waals surface area contributed by atoms with Crippen molar-refractivity contribution in [1.82, 2.24) is 9.55 Å². The highest BCUT2D eigenvalue weighted by Crippen LogP contribution is 2.19. The van der Waals surface area contributed by atoms with E-state index in [1.165, 1.54) is 0 Å². The molecule has 0 spiro atoms. The number of nitrogens with zero attached hydrogens (tertiary/aromatic N) is 2. The molecule has 3 rings (SSSR count). The van der Waals surface area contributed by atoms with E-state index in [4.69, 9.17) is 11.6 Å². The minimum Gasteiger partial charge on any atom is -0.373 e. The van der Waals surface area contributed by atoms with Crippen molar-refractivity contribution < 1.29 is 0 Å². The Morgan fingerprint density at radius 3 is 2.81 bits per heavy atom. The molecule has 0 aliphatic heterocycles. The second-order valence-corrected chi connectivity index (χ2v) is 5.11. The summed E-state index contributed by atoms with van der Waals surface area (Å²) in [5, 5.41) is 4.30. The van der Waals surface area contributed by atoms with Gasteiger partial charge in [0.05, 0.1) is 22.8 Å². The van der Waals surface area contributed by atoms with E-state index in [0.717, 1.165) is 17.0 Å². The molecule has 5 heteroatoms. The fraction of sp³-hybridized carbons (Fsp3) is 0.125. The first kappa shape index (κ1) is 13.6. The van der Waals surface area contributed by atoms with Gasteiger partial charge < -0.3 is 9.88 Å². The van der Waals surface area contributed by atoms with Crippen LogP contribution in [0, 0.1) is 0 Å². The van der Waals surface area contributed by atoms with Gasteiger partial charge in [-0.1, -0.05) is 23.7 Å². The molecule has 0 saturated carbocycles. The number of aromatic nitrogens is 2. The predicted octanol–water partition coefficient (Wildman–Crippen LogP) is 3.14. The van der Waals surface area contributed by atoms with Gasteiger partial charge >= 0.3 is 0 Å². The lowest BCUT2D eigenvalue weighted by Gasteiger charge is -2.12. The molecule has 0 aliphatic carbocycles. The zero-order valence-corrected chi connectivity index (χ0v) is 12.3. The van der Waals surface area contributed by atoms with Gasteiger partial charge in [-0.2, -0.15) is 0 Å². The predicted molar refractivity (Wildman–Crippen MR) is 86.1 cm³/mol. The van der Waals surface area contributed by atoms with Crippen LogP contribution in [0.3, 0.4) is 0 Å². The molecule has 106 valence electrons. The number of hydrogen-bond donors (Lipinski definition) is 1. The van der Waals surface area contributed by atoms with Crippen molar-refractivity contribution in [3.8, 4) is 0 Å². The van der Waals surface area contributed by atoms with Gasteiger partial charge in [-0.3, -0.25) is 4.79 Å². The lowest BCUT2D eigenvalue weighted by molar-refractivity contribution is 0.799. The molecule has 21 heavy (non-hydrogen) atoms. The van der Waals surface area contributed by atoms with Gasteiger partial charge in [-0.05, 0) is 24.3 Å². The van der Waals surface area contributed by atoms with Crippen molar-refractivity contribution in [2.45, 2.75) is 6.54 Å². The molecule has 1 N–H and O–H groups in total. The Labute approximate surface area is 127 Å². The van der Waals surface area contributed by atoms with Crippen molar-refractivity contribution in [3.63, 3.8) is 0 Å². The number of fused-ring (bicyclic) bond motifs is 1. The van der Waals surface area contributed by atoms with Crippen LogP contribution in [0.1, 0.15) is 5.69 Å². The molecule has 0 unspecified atom stereocenters. The zero-order chi connectivity index (χ0) is 14.8. The van der Waals surface area contributed by atoms with Crippen LogP contribution in [-0.2, 0) is 6.54 Å². The Balaban J connectivity index is 2.11. The van der Waals surface area contributed by atoms with Crippen LogP contribution in [0.2, 0.25) is 5.02 Å². The van der Waals surface area contributed by atoms with Gasteiger partial charge in [0.1, 0.15) is 5.82 Å². The number of anilines is 1. The Morgan fingerprint density at radius 1 is 1.19 bits per heavy atom. The topological polar surface area (TPSA) is 46.9 Å². The van der Waals surface area contributed by atoms with Crippen LogP contribution in [0.25, 0.3) is 10.9 Å². The van der Waals surface area contributed by atoms with Crippen molar-refractivity contribution in [1.29, 1.82) is 0 Å². The Morgan fingerprint density at radius 2 is 2.00 bits per heavy atom. The summed E-state index contributed by atoms with van der Waals surface area (Å²) in [5.41, 5.74) is 1.65. The molecule has 0 saturated heterocycles. The summed E-state index contributed by atoms with van der Waals surface area (Å²) in [4.78, 5) is 16.4. The summed E-state index contributed by atoms with van der Waals surface area (Å²) in [6, 6.07) is 12.7. The summed E-state index contributed by atoms with van der Waals surface area (Å²) >= 11 is 6.22. The number of hydrogen-bond acceptors (Lipinski definition) is 3. The van der Waals surface area contributed by atoms with Crippen LogP contribution in [0.5, 0.6) is 0 Å². The van der Waals surface area contributed by atoms with E-state index in [-0.39, 0.29) is 5.43 Å². The first-order valence-corrected chi connectivity index (χ1v) is 6.98. The molecule has 0 fully saturated rings. The third-order valence-corrected chi connectivity index (χ3v) is 3.72. The molecule has 2 aromatic heterocycles. The van der Waals surface area contributed by atoms with E-state index in [1.807, 2.05) is 48.0 Å². The number of rotatable bonds is 3. The monoisotopic (exact) mass is 299 g/mol. The smallest absolute Gasteiger partial charge is 0.189 e. The number of nitrogens with one attached hydrogen (secondary N) is 1. The SMILES string of the molecule is CNc1ccc(Cl)c(Cn2ccc(=O)c3ccccc32)n1. The largest absolute Gasteiger partial charge is 0.373 e. The normalized spacial score (nSPS) is 10.8. The maximum atomic E-state index is 11.9. The van der Waals surface area contributed by atoms with Gasteiger partial charge in [-0.15, -0.1) is 0 Å². The molecular weight excluding hydrogens is 286 g/mol. The van der Waals surface area contributed by atoms with E-state index in [9.17, 15) is 4.79 Å². The molecule has 0 amide bonds. The van der Waals surface area contributed by atoms with E-state index in [2.05, 4.69) is 10.3 Å². The van der Waals surface area contributed by atoms with Crippen molar-refractivity contribution in [2.24, 2.45) is 0 Å². The zero-order valence-electron chi connectivity index (χ0n) is 11.5. The number of halogens is 1. The fourth-order valence-corrected chi connectivity index (χ4v) is 2.46. The molecule has 0 radical (unpaired) electrons. The summed E-state index contributed by atoms with van der Waals surface area (Å²) in [6.45, 7) is 0.509. The second kappa shape index (κ2) is 5.58. The summed E-state index contributed by atoms with van der Waals surface area (Å²) < 4.78 is 1.98. The van der Waals surface area contributed by atoms with E-state index in [0.29, 0.717) is 17.0 Å². The van der Waals surface area contributed by atoms with E-state index >= 15 is 0 Å². The highest BCUT2D eigenvalue weighted by atomic mass is 35.5. The number of pyridine rings is 2. The van der Waals surface area contributed by atoms with Gasteiger partial charge in [-0.25, -0.2) is 4.98 Å². The van der Waals surface area contributed by atoms with Gasteiger partial charge in [0.25, 0.3) is 0 Å². The molecule has 0 aliphatic rings. The minimum absolute atomic E-state index is 0.0184. The summed E-state index contributed by atoms with van der Waals surface area (Å²) in [5.74, 6) is 0.764. The van der Waals surface area contributed by atoms with Crippen LogP contribution in [-0.4, -0.2) is 16.6 Å². The average molecular weight is 300 g/mol. The molecule has 1 aromatic carbocycles. The molecule has 0 atom stereocenters. The Kier molecular flexibility index (Phi) is 3.62. The molecular formula is C16H14ClN3O. The third-order valence-electron chi connectivity index (χ3n) is 3.38. The van der Waals surface area contributed by atoms with E-state index in [1.54, 1.807) is 12.3 Å². The Bertz CT molecular complexity index is 858. The first-order valence-electron chi connectivity index (χ1n) is 6.60. The highest BCUT2D eigenvalue weighted by molar-refractivity contribution is 6.31. The lowest BCUT2D eigenvalue weighted by atomic mass is 10.2. The standard InChI is InChI=1S/C16H14ClN3O/c1-18-16-7-6-12(17)13(19-16)10-20-9-8-15(21)11-4-2-3-5-14(11)20/h2-9H,10H2,1H3,(H,18,19). The fourth-order valence-electron chi connectivity index (χ4n) is 2.29. The van der Waals surface area contributed by atoms with E-state index < -0.39 is 0 Å². The summed E-state index contributed by atoms with van der Waals surface area (Å²) in [6.07, 6.45) is 1.77. The lowest BCUT2D eigenvalue weighted by Crippen LogP contribution is -2.10. The van der Waals surface area contributed by atoms with Crippen LogP contribution in [0.4, 0.5) is 5.82 Å². The van der Waals surface area contributed by atoms with Gasteiger partial charge in [0.15, 0.2) is 5.43 Å². The van der Waals surface area contributed by atoms with Crippen molar-refractivity contribution in [3.05, 3.63) is 69.6 Å². The number of para-hydroxylation sites is 1. The highest BCUT2D eigenvalue weighted by Gasteiger charge is 2.07. The molecule has 3 aromatic rings. The van der Waals surface area contributed by atoms with Crippen molar-refractivity contribution in [2.75, 3.05) is 12.4 Å². The molecule has 0 bridgehead atoms. The average Bonchev–Trinajstić information content (AvgIpc) is 2.52. The second-order valence-electron chi connectivity index (χ2n) is 4.70. The first-order chi connectivity index (χ1) is 10.2. The molecule has 2 heterocycles. The van der Waals surface area contributed by atoms with Gasteiger partial charge in [0.2, 0.25) is 0 Å². The van der Waals surface area contributed by atoms with Gasteiger partial charge in [0, 0.05) is 24.7 Å². The van der Waals surface area contributed by atoms with Crippen LogP contribution < -0.4 is 10.7 Å². The molecule has 4 nitrogen and oxygen atoms in total. The maximum Gasteiger partial charge on any atom is 0.189 e. The Hall–Kier alpha value is -2.33. The number of benzene rings is 1. The van der Waals surface area contributed by atoms with Crippen LogP contribution >= 0.6 is 11.6 Å². The maximum absolute atomic E-state index is 11.9. The summed E-state index contributed by atoms with van der Waals surface area (Å²) in [7, 11) is 1.81.